The quantitative estimate of drug-likeness (QED) is 0.919. The maximum Gasteiger partial charge on any atom is 0.0900 e. The number of thiazole rings is 1. The molecule has 1 unspecified atom stereocenters. The highest BCUT2D eigenvalue weighted by molar-refractivity contribution is 7.11. The number of aryl methyl sites for hydroxylation is 3. The van der Waals surface area contributed by atoms with Crippen molar-refractivity contribution in [2.75, 3.05) is 7.05 Å². The van der Waals surface area contributed by atoms with E-state index >= 15 is 0 Å². The lowest BCUT2D eigenvalue weighted by Crippen LogP contribution is -2.19. The maximum atomic E-state index is 4.50. The number of aromatic nitrogens is 2. The predicted octanol–water partition coefficient (Wildman–Crippen LogP) is 2.97. The number of hydrogen-bond acceptors (Lipinski definition) is 4. The molecule has 0 aliphatic carbocycles. The van der Waals surface area contributed by atoms with Crippen LogP contribution >= 0.6 is 11.3 Å². The molecule has 0 spiro atoms. The van der Waals surface area contributed by atoms with Crippen molar-refractivity contribution in [2.24, 2.45) is 0 Å². The van der Waals surface area contributed by atoms with Gasteiger partial charge in [0.2, 0.25) is 0 Å². The largest absolute Gasteiger partial charge is 0.312 e. The first-order valence-corrected chi connectivity index (χ1v) is 6.95. The van der Waals surface area contributed by atoms with Crippen LogP contribution in [0.25, 0.3) is 0 Å². The molecular formula is C14H19N3S. The van der Waals surface area contributed by atoms with Crippen molar-refractivity contribution in [1.29, 1.82) is 0 Å². The van der Waals surface area contributed by atoms with E-state index < -0.39 is 0 Å². The molecule has 3 nitrogen and oxygen atoms in total. The predicted molar refractivity (Wildman–Crippen MR) is 76.1 cm³/mol. The standard InChI is InChI=1S/C14H19N3S/c1-9-6-5-7-16-12(9)8-13(15-4)14-10(2)17-11(3)18-14/h5-7,13,15H,8H2,1-4H3. The van der Waals surface area contributed by atoms with Gasteiger partial charge in [-0.05, 0) is 39.4 Å². The normalized spacial score (nSPS) is 12.7. The van der Waals surface area contributed by atoms with Gasteiger partial charge in [-0.3, -0.25) is 4.98 Å². The van der Waals surface area contributed by atoms with Gasteiger partial charge in [-0.1, -0.05) is 6.07 Å². The molecule has 1 N–H and O–H groups in total. The second kappa shape index (κ2) is 5.59. The zero-order valence-corrected chi connectivity index (χ0v) is 12.1. The lowest BCUT2D eigenvalue weighted by atomic mass is 10.1. The van der Waals surface area contributed by atoms with E-state index in [2.05, 4.69) is 42.1 Å². The van der Waals surface area contributed by atoms with Crippen LogP contribution in [-0.4, -0.2) is 17.0 Å². The highest BCUT2D eigenvalue weighted by Gasteiger charge is 2.17. The Morgan fingerprint density at radius 2 is 2.11 bits per heavy atom. The second-order valence-electron chi connectivity index (χ2n) is 4.49. The number of nitrogens with one attached hydrogen (secondary N) is 1. The van der Waals surface area contributed by atoms with Gasteiger partial charge in [0.05, 0.1) is 10.7 Å². The Bertz CT molecular complexity index is 534. The molecule has 0 bridgehead atoms. The summed E-state index contributed by atoms with van der Waals surface area (Å²) >= 11 is 1.77. The zero-order chi connectivity index (χ0) is 13.1. The average Bonchev–Trinajstić information content (AvgIpc) is 2.67. The summed E-state index contributed by atoms with van der Waals surface area (Å²) < 4.78 is 0. The summed E-state index contributed by atoms with van der Waals surface area (Å²) in [4.78, 5) is 10.3. The van der Waals surface area contributed by atoms with Gasteiger partial charge in [-0.25, -0.2) is 4.98 Å². The van der Waals surface area contributed by atoms with Crippen LogP contribution in [0.5, 0.6) is 0 Å². The second-order valence-corrected chi connectivity index (χ2v) is 5.73. The molecule has 2 heterocycles. The lowest BCUT2D eigenvalue weighted by Gasteiger charge is -2.15. The van der Waals surface area contributed by atoms with Gasteiger partial charge in [-0.15, -0.1) is 11.3 Å². The first kappa shape index (κ1) is 13.2. The Hall–Kier alpha value is -1.26. The molecule has 1 atom stereocenters. The van der Waals surface area contributed by atoms with Crippen LogP contribution in [0.1, 0.15) is 32.9 Å². The monoisotopic (exact) mass is 261 g/mol. The van der Waals surface area contributed by atoms with Gasteiger partial charge in [0, 0.05) is 29.2 Å². The van der Waals surface area contributed by atoms with Crippen molar-refractivity contribution in [1.82, 2.24) is 15.3 Å². The summed E-state index contributed by atoms with van der Waals surface area (Å²) in [5.41, 5.74) is 3.53. The van der Waals surface area contributed by atoms with Crippen LogP contribution in [0.4, 0.5) is 0 Å². The Kier molecular flexibility index (Phi) is 4.09. The third kappa shape index (κ3) is 2.76. The van der Waals surface area contributed by atoms with Crippen LogP contribution in [-0.2, 0) is 6.42 Å². The minimum Gasteiger partial charge on any atom is -0.312 e. The number of hydrogen-bond donors (Lipinski definition) is 1. The van der Waals surface area contributed by atoms with Crippen LogP contribution in [0.3, 0.4) is 0 Å². The fourth-order valence-corrected chi connectivity index (χ4v) is 3.16. The Morgan fingerprint density at radius 1 is 1.33 bits per heavy atom. The summed E-state index contributed by atoms with van der Waals surface area (Å²) in [7, 11) is 2.00. The first-order valence-electron chi connectivity index (χ1n) is 6.13. The van der Waals surface area contributed by atoms with E-state index in [9.17, 15) is 0 Å². The smallest absolute Gasteiger partial charge is 0.0900 e. The van der Waals surface area contributed by atoms with E-state index in [1.165, 1.54) is 10.4 Å². The summed E-state index contributed by atoms with van der Waals surface area (Å²) in [6, 6.07) is 4.39. The molecule has 0 aliphatic rings. The summed E-state index contributed by atoms with van der Waals surface area (Å²) in [5.74, 6) is 0. The average molecular weight is 261 g/mol. The van der Waals surface area contributed by atoms with Crippen LogP contribution in [0.2, 0.25) is 0 Å². The minimum atomic E-state index is 0.296. The summed E-state index contributed by atoms with van der Waals surface area (Å²) in [6.45, 7) is 6.24. The highest BCUT2D eigenvalue weighted by atomic mass is 32.1. The van der Waals surface area contributed by atoms with Gasteiger partial charge < -0.3 is 5.32 Å². The molecule has 0 aromatic carbocycles. The van der Waals surface area contributed by atoms with E-state index in [1.807, 2.05) is 19.3 Å². The molecule has 0 saturated carbocycles. The number of rotatable bonds is 4. The highest BCUT2D eigenvalue weighted by Crippen LogP contribution is 2.27. The molecule has 0 saturated heterocycles. The van der Waals surface area contributed by atoms with E-state index in [0.29, 0.717) is 6.04 Å². The number of nitrogens with zero attached hydrogens (tertiary/aromatic N) is 2. The van der Waals surface area contributed by atoms with Gasteiger partial charge >= 0.3 is 0 Å². The van der Waals surface area contributed by atoms with E-state index in [-0.39, 0.29) is 0 Å². The van der Waals surface area contributed by atoms with E-state index in [0.717, 1.165) is 22.8 Å². The minimum absolute atomic E-state index is 0.296. The van der Waals surface area contributed by atoms with Crippen LogP contribution in [0.15, 0.2) is 18.3 Å². The molecule has 4 heteroatoms. The first-order chi connectivity index (χ1) is 8.61. The molecule has 96 valence electrons. The molecule has 2 aromatic heterocycles. The molecular weight excluding hydrogens is 242 g/mol. The Morgan fingerprint density at radius 3 is 2.67 bits per heavy atom. The van der Waals surface area contributed by atoms with Crippen LogP contribution < -0.4 is 5.32 Å². The third-order valence-electron chi connectivity index (χ3n) is 3.12. The van der Waals surface area contributed by atoms with Gasteiger partial charge in [0.25, 0.3) is 0 Å². The molecule has 18 heavy (non-hydrogen) atoms. The summed E-state index contributed by atoms with van der Waals surface area (Å²) in [5, 5.41) is 4.50. The molecule has 0 amide bonds. The van der Waals surface area contributed by atoms with Crippen molar-refractivity contribution in [3.05, 3.63) is 45.2 Å². The molecule has 0 radical (unpaired) electrons. The fraction of sp³-hybridized carbons (Fsp3) is 0.429. The van der Waals surface area contributed by atoms with Gasteiger partial charge in [-0.2, -0.15) is 0 Å². The topological polar surface area (TPSA) is 37.8 Å². The van der Waals surface area contributed by atoms with Crippen molar-refractivity contribution in [3.63, 3.8) is 0 Å². The van der Waals surface area contributed by atoms with Gasteiger partial charge in [0.15, 0.2) is 0 Å². The van der Waals surface area contributed by atoms with Gasteiger partial charge in [0.1, 0.15) is 0 Å². The summed E-state index contributed by atoms with van der Waals surface area (Å²) in [6.07, 6.45) is 2.77. The fourth-order valence-electron chi connectivity index (χ4n) is 2.12. The van der Waals surface area contributed by atoms with Crippen LogP contribution in [0, 0.1) is 20.8 Å². The van der Waals surface area contributed by atoms with E-state index in [4.69, 9.17) is 0 Å². The lowest BCUT2D eigenvalue weighted by molar-refractivity contribution is 0.588. The SMILES string of the molecule is CNC(Cc1ncccc1C)c1sc(C)nc1C. The Labute approximate surface area is 112 Å². The third-order valence-corrected chi connectivity index (χ3v) is 4.31. The molecule has 2 aromatic rings. The van der Waals surface area contributed by atoms with Crippen molar-refractivity contribution in [2.45, 2.75) is 33.2 Å². The van der Waals surface area contributed by atoms with Crippen molar-refractivity contribution in [3.8, 4) is 0 Å². The molecule has 0 fully saturated rings. The zero-order valence-electron chi connectivity index (χ0n) is 11.3. The maximum absolute atomic E-state index is 4.50. The number of likely N-dealkylation sites (N-methyl/N-ethyl adjacent to an activating group) is 1. The number of pyridine rings is 1. The van der Waals surface area contributed by atoms with Crippen molar-refractivity contribution < 1.29 is 0 Å². The molecule has 0 aliphatic heterocycles. The van der Waals surface area contributed by atoms with E-state index in [1.54, 1.807) is 11.3 Å². The van der Waals surface area contributed by atoms with Crippen molar-refractivity contribution >= 4 is 11.3 Å². The Balaban J connectivity index is 2.25. The molecule has 2 rings (SSSR count).